The van der Waals surface area contributed by atoms with Gasteiger partial charge in [-0.1, -0.05) is 11.6 Å². The van der Waals surface area contributed by atoms with Crippen LogP contribution in [0.1, 0.15) is 6.92 Å². The molecule has 6 heteroatoms. The summed E-state index contributed by atoms with van der Waals surface area (Å²) < 4.78 is 24.2. The fourth-order valence-corrected chi connectivity index (χ4v) is 1.88. The fraction of sp³-hybridized carbons (Fsp3) is 0.188. The third-order valence-electron chi connectivity index (χ3n) is 2.71. The number of anilines is 1. The summed E-state index contributed by atoms with van der Waals surface area (Å²) in [6, 6.07) is 10.9. The maximum Gasteiger partial charge on any atom is 0.262 e. The first kappa shape index (κ1) is 16.1. The van der Waals surface area contributed by atoms with Gasteiger partial charge in [-0.25, -0.2) is 4.39 Å². The number of ether oxygens (including phenoxy) is 2. The van der Waals surface area contributed by atoms with Crippen molar-refractivity contribution < 1.29 is 18.7 Å². The minimum absolute atomic E-state index is 0.0599. The van der Waals surface area contributed by atoms with Crippen molar-refractivity contribution in [3.8, 4) is 11.5 Å². The second-order valence-corrected chi connectivity index (χ2v) is 4.80. The molecular weight excluding hydrogens is 309 g/mol. The average molecular weight is 324 g/mol. The Morgan fingerprint density at radius 2 is 1.77 bits per heavy atom. The van der Waals surface area contributed by atoms with Gasteiger partial charge in [0.05, 0.1) is 12.3 Å². The molecule has 0 bridgehead atoms. The summed E-state index contributed by atoms with van der Waals surface area (Å²) in [6.45, 7) is 2.25. The van der Waals surface area contributed by atoms with Crippen LogP contribution in [0.2, 0.25) is 5.02 Å². The van der Waals surface area contributed by atoms with Crippen molar-refractivity contribution in [3.05, 3.63) is 53.3 Å². The highest BCUT2D eigenvalue weighted by atomic mass is 35.5. The van der Waals surface area contributed by atoms with Gasteiger partial charge in [0.25, 0.3) is 5.91 Å². The first-order chi connectivity index (χ1) is 10.6. The van der Waals surface area contributed by atoms with Crippen LogP contribution in [0.4, 0.5) is 10.1 Å². The molecule has 0 saturated heterocycles. The highest BCUT2D eigenvalue weighted by molar-refractivity contribution is 6.30. The van der Waals surface area contributed by atoms with Gasteiger partial charge in [0.15, 0.2) is 6.61 Å². The molecule has 0 saturated carbocycles. The number of carbonyl (C=O) groups is 1. The van der Waals surface area contributed by atoms with Gasteiger partial charge in [0.1, 0.15) is 17.3 Å². The monoisotopic (exact) mass is 323 g/mol. The number of halogens is 2. The molecule has 0 atom stereocenters. The van der Waals surface area contributed by atoms with Crippen LogP contribution in [0, 0.1) is 5.82 Å². The molecule has 4 nitrogen and oxygen atoms in total. The first-order valence-corrected chi connectivity index (χ1v) is 7.07. The van der Waals surface area contributed by atoms with Crippen LogP contribution in [-0.4, -0.2) is 19.1 Å². The average Bonchev–Trinajstić information content (AvgIpc) is 2.50. The standard InChI is InChI=1S/C16H15ClFNO3/c1-2-21-12-4-6-13(7-5-12)22-10-16(20)19-15-8-3-11(17)9-14(15)18/h3-9H,2,10H2,1H3,(H,19,20). The summed E-state index contributed by atoms with van der Waals surface area (Å²) in [4.78, 5) is 11.7. The third-order valence-corrected chi connectivity index (χ3v) is 2.94. The molecular formula is C16H15ClFNO3. The zero-order chi connectivity index (χ0) is 15.9. The predicted molar refractivity (Wildman–Crippen MR) is 83.1 cm³/mol. The number of nitrogens with one attached hydrogen (secondary N) is 1. The van der Waals surface area contributed by atoms with Crippen LogP contribution in [0.3, 0.4) is 0 Å². The van der Waals surface area contributed by atoms with Gasteiger partial charge in [-0.3, -0.25) is 4.79 Å². The second-order valence-electron chi connectivity index (χ2n) is 4.37. The normalized spacial score (nSPS) is 10.1. The van der Waals surface area contributed by atoms with E-state index >= 15 is 0 Å². The van der Waals surface area contributed by atoms with Gasteiger partial charge in [0.2, 0.25) is 0 Å². The van der Waals surface area contributed by atoms with Crippen molar-refractivity contribution in [2.45, 2.75) is 6.92 Å². The summed E-state index contributed by atoms with van der Waals surface area (Å²) in [7, 11) is 0. The molecule has 0 aromatic heterocycles. The van der Waals surface area contributed by atoms with Crippen molar-refractivity contribution in [2.24, 2.45) is 0 Å². The topological polar surface area (TPSA) is 47.6 Å². The van der Waals surface area contributed by atoms with E-state index < -0.39 is 11.7 Å². The minimum atomic E-state index is -0.595. The Morgan fingerprint density at radius 3 is 2.36 bits per heavy atom. The fourth-order valence-electron chi connectivity index (χ4n) is 1.72. The van der Waals surface area contributed by atoms with Crippen molar-refractivity contribution in [3.63, 3.8) is 0 Å². The number of carbonyl (C=O) groups excluding carboxylic acids is 1. The zero-order valence-electron chi connectivity index (χ0n) is 11.9. The van der Waals surface area contributed by atoms with Crippen LogP contribution < -0.4 is 14.8 Å². The van der Waals surface area contributed by atoms with Crippen LogP contribution in [0.25, 0.3) is 0 Å². The van der Waals surface area contributed by atoms with Crippen molar-refractivity contribution in [2.75, 3.05) is 18.5 Å². The van der Waals surface area contributed by atoms with Crippen LogP contribution in [0.15, 0.2) is 42.5 Å². The number of amides is 1. The van der Waals surface area contributed by atoms with Crippen LogP contribution in [0.5, 0.6) is 11.5 Å². The molecule has 22 heavy (non-hydrogen) atoms. The van der Waals surface area contributed by atoms with Crippen LogP contribution in [-0.2, 0) is 4.79 Å². The van der Waals surface area contributed by atoms with Gasteiger partial charge in [0, 0.05) is 5.02 Å². The van der Waals surface area contributed by atoms with E-state index in [0.29, 0.717) is 12.4 Å². The number of hydrogen-bond acceptors (Lipinski definition) is 3. The van der Waals surface area contributed by atoms with E-state index in [1.807, 2.05) is 6.92 Å². The lowest BCUT2D eigenvalue weighted by molar-refractivity contribution is -0.118. The van der Waals surface area contributed by atoms with E-state index in [-0.39, 0.29) is 17.3 Å². The number of hydrogen-bond donors (Lipinski definition) is 1. The smallest absolute Gasteiger partial charge is 0.262 e. The van der Waals surface area contributed by atoms with E-state index in [2.05, 4.69) is 5.32 Å². The molecule has 0 fully saturated rings. The Hall–Kier alpha value is -2.27. The lowest BCUT2D eigenvalue weighted by Crippen LogP contribution is -2.20. The quantitative estimate of drug-likeness (QED) is 0.877. The molecule has 0 unspecified atom stereocenters. The first-order valence-electron chi connectivity index (χ1n) is 6.69. The maximum absolute atomic E-state index is 13.5. The minimum Gasteiger partial charge on any atom is -0.494 e. The molecule has 0 spiro atoms. The number of rotatable bonds is 6. The molecule has 0 radical (unpaired) electrons. The Balaban J connectivity index is 1.87. The predicted octanol–water partition coefficient (Wildman–Crippen LogP) is 3.90. The van der Waals surface area contributed by atoms with Gasteiger partial charge in [-0.15, -0.1) is 0 Å². The van der Waals surface area contributed by atoms with Crippen molar-refractivity contribution in [1.82, 2.24) is 0 Å². The number of benzene rings is 2. The SMILES string of the molecule is CCOc1ccc(OCC(=O)Nc2ccc(Cl)cc2F)cc1. The molecule has 0 heterocycles. The summed E-state index contributed by atoms with van der Waals surface area (Å²) in [5.74, 6) is 0.190. The Kier molecular flexibility index (Phi) is 5.61. The van der Waals surface area contributed by atoms with Gasteiger partial charge >= 0.3 is 0 Å². The summed E-state index contributed by atoms with van der Waals surface area (Å²) in [6.07, 6.45) is 0. The van der Waals surface area contributed by atoms with E-state index in [0.717, 1.165) is 11.8 Å². The van der Waals surface area contributed by atoms with E-state index in [9.17, 15) is 9.18 Å². The third kappa shape index (κ3) is 4.63. The molecule has 2 aromatic carbocycles. The Labute approximate surface area is 132 Å². The van der Waals surface area contributed by atoms with Gasteiger partial charge in [-0.05, 0) is 49.4 Å². The lowest BCUT2D eigenvalue weighted by atomic mass is 10.3. The van der Waals surface area contributed by atoms with E-state index in [1.165, 1.54) is 12.1 Å². The summed E-state index contributed by atoms with van der Waals surface area (Å²) in [5, 5.41) is 2.68. The summed E-state index contributed by atoms with van der Waals surface area (Å²) in [5.41, 5.74) is 0.0599. The van der Waals surface area contributed by atoms with Gasteiger partial charge < -0.3 is 14.8 Å². The van der Waals surface area contributed by atoms with E-state index in [4.69, 9.17) is 21.1 Å². The van der Waals surface area contributed by atoms with Crippen molar-refractivity contribution in [1.29, 1.82) is 0 Å². The highest BCUT2D eigenvalue weighted by Gasteiger charge is 2.08. The maximum atomic E-state index is 13.5. The second kappa shape index (κ2) is 7.66. The largest absolute Gasteiger partial charge is 0.494 e. The molecule has 2 rings (SSSR count). The molecule has 2 aromatic rings. The molecule has 0 aliphatic rings. The molecule has 0 aliphatic heterocycles. The Morgan fingerprint density at radius 1 is 1.14 bits per heavy atom. The zero-order valence-corrected chi connectivity index (χ0v) is 12.7. The highest BCUT2D eigenvalue weighted by Crippen LogP contribution is 2.19. The van der Waals surface area contributed by atoms with E-state index in [1.54, 1.807) is 24.3 Å². The summed E-state index contributed by atoms with van der Waals surface area (Å²) >= 11 is 5.64. The van der Waals surface area contributed by atoms with Crippen LogP contribution >= 0.6 is 11.6 Å². The molecule has 1 N–H and O–H groups in total. The van der Waals surface area contributed by atoms with Gasteiger partial charge in [-0.2, -0.15) is 0 Å². The Bertz CT molecular complexity index is 646. The molecule has 1 amide bonds. The molecule has 116 valence electrons. The van der Waals surface area contributed by atoms with Crippen molar-refractivity contribution >= 4 is 23.2 Å². The molecule has 0 aliphatic carbocycles. The lowest BCUT2D eigenvalue weighted by Gasteiger charge is -2.09.